The molecule has 0 aromatic heterocycles. The molecule has 0 spiro atoms. The Labute approximate surface area is 110 Å². The maximum Gasteiger partial charge on any atom is 0.188 e. The summed E-state index contributed by atoms with van der Waals surface area (Å²) in [6.45, 7) is 8.45. The number of hydrogen-bond acceptors (Lipinski definition) is 1. The van der Waals surface area contributed by atoms with E-state index in [1.807, 2.05) is 13.0 Å². The number of aryl methyl sites for hydroxylation is 3. The van der Waals surface area contributed by atoms with E-state index in [-0.39, 0.29) is 5.78 Å². The normalized spacial score (nSPS) is 19.6. The topological polar surface area (TPSA) is 17.1 Å². The fraction of sp³-hybridized carbons (Fsp3) is 0.471. The van der Waals surface area contributed by atoms with E-state index in [1.54, 1.807) is 0 Å². The first-order valence-electron chi connectivity index (χ1n) is 6.80. The van der Waals surface area contributed by atoms with Crippen molar-refractivity contribution in [2.45, 2.75) is 47.0 Å². The summed E-state index contributed by atoms with van der Waals surface area (Å²) in [5, 5.41) is 0. The zero-order valence-electron chi connectivity index (χ0n) is 11.8. The van der Waals surface area contributed by atoms with Crippen molar-refractivity contribution in [3.8, 4) is 0 Å². The first kappa shape index (κ1) is 13.1. The number of carbonyl (C=O) groups is 1. The van der Waals surface area contributed by atoms with Crippen LogP contribution in [0, 0.1) is 26.7 Å². The van der Waals surface area contributed by atoms with E-state index in [2.05, 4.69) is 32.9 Å². The summed E-state index contributed by atoms with van der Waals surface area (Å²) < 4.78 is 0. The number of benzene rings is 1. The Morgan fingerprint density at radius 3 is 2.39 bits per heavy atom. The average molecular weight is 242 g/mol. The van der Waals surface area contributed by atoms with Crippen molar-refractivity contribution < 1.29 is 4.79 Å². The molecule has 0 fully saturated rings. The highest BCUT2D eigenvalue weighted by molar-refractivity contribution is 6.09. The molecule has 1 nitrogen and oxygen atoms in total. The lowest BCUT2D eigenvalue weighted by Gasteiger charge is -2.18. The molecule has 1 aromatic rings. The van der Waals surface area contributed by atoms with Gasteiger partial charge in [0, 0.05) is 5.56 Å². The number of carbonyl (C=O) groups excluding carboxylic acids is 1. The molecule has 0 radical (unpaired) electrons. The van der Waals surface area contributed by atoms with Crippen LogP contribution in [0.3, 0.4) is 0 Å². The van der Waals surface area contributed by atoms with Crippen molar-refractivity contribution >= 4 is 5.78 Å². The molecule has 2 rings (SSSR count). The SMILES string of the molecule is Cc1cc(C)c(C(=O)C2=CCC(C)CC2)cc1C. The van der Waals surface area contributed by atoms with E-state index < -0.39 is 0 Å². The molecule has 0 aliphatic heterocycles. The van der Waals surface area contributed by atoms with Gasteiger partial charge in [0.25, 0.3) is 0 Å². The second-order valence-electron chi connectivity index (χ2n) is 5.69. The summed E-state index contributed by atoms with van der Waals surface area (Å²) in [6, 6.07) is 4.17. The lowest BCUT2D eigenvalue weighted by molar-refractivity contribution is 0.102. The third-order valence-corrected chi connectivity index (χ3v) is 4.05. The Kier molecular flexibility index (Phi) is 3.70. The molecule has 0 saturated heterocycles. The van der Waals surface area contributed by atoms with Gasteiger partial charge < -0.3 is 0 Å². The van der Waals surface area contributed by atoms with Crippen molar-refractivity contribution in [3.63, 3.8) is 0 Å². The van der Waals surface area contributed by atoms with Gasteiger partial charge in [-0.2, -0.15) is 0 Å². The first-order chi connectivity index (χ1) is 8.49. The third-order valence-electron chi connectivity index (χ3n) is 4.05. The quantitative estimate of drug-likeness (QED) is 0.696. The number of rotatable bonds is 2. The van der Waals surface area contributed by atoms with Crippen LogP contribution in [-0.4, -0.2) is 5.78 Å². The van der Waals surface area contributed by atoms with Crippen LogP contribution in [0.5, 0.6) is 0 Å². The summed E-state index contributed by atoms with van der Waals surface area (Å²) in [5.74, 6) is 0.963. The van der Waals surface area contributed by atoms with E-state index in [0.717, 1.165) is 41.9 Å². The fourth-order valence-electron chi connectivity index (χ4n) is 2.55. The molecule has 1 aliphatic rings. The summed E-state index contributed by atoms with van der Waals surface area (Å²) in [6.07, 6.45) is 5.27. The Morgan fingerprint density at radius 2 is 1.78 bits per heavy atom. The fourth-order valence-corrected chi connectivity index (χ4v) is 2.55. The van der Waals surface area contributed by atoms with Gasteiger partial charge >= 0.3 is 0 Å². The zero-order valence-corrected chi connectivity index (χ0v) is 11.8. The largest absolute Gasteiger partial charge is 0.289 e. The van der Waals surface area contributed by atoms with Crippen LogP contribution in [0.25, 0.3) is 0 Å². The van der Waals surface area contributed by atoms with Crippen LogP contribution in [0.4, 0.5) is 0 Å². The van der Waals surface area contributed by atoms with Gasteiger partial charge in [-0.3, -0.25) is 4.79 Å². The summed E-state index contributed by atoms with van der Waals surface area (Å²) >= 11 is 0. The second kappa shape index (κ2) is 5.09. The highest BCUT2D eigenvalue weighted by atomic mass is 16.1. The summed E-state index contributed by atoms with van der Waals surface area (Å²) in [4.78, 5) is 12.5. The minimum absolute atomic E-state index is 0.238. The number of allylic oxidation sites excluding steroid dienone is 2. The number of ketones is 1. The molecule has 0 heterocycles. The van der Waals surface area contributed by atoms with Crippen LogP contribution >= 0.6 is 0 Å². The lowest BCUT2D eigenvalue weighted by Crippen LogP contribution is -2.11. The standard InChI is InChI=1S/C17H22O/c1-11-5-7-15(8-6-11)17(18)16-10-13(3)12(2)9-14(16)4/h7,9-11H,5-6,8H2,1-4H3. The minimum Gasteiger partial charge on any atom is -0.289 e. The molecule has 1 heteroatoms. The molecule has 1 atom stereocenters. The van der Waals surface area contributed by atoms with Gasteiger partial charge in [0.1, 0.15) is 0 Å². The molecular formula is C17H22O. The maximum atomic E-state index is 12.5. The van der Waals surface area contributed by atoms with Gasteiger partial charge in [-0.15, -0.1) is 0 Å². The Hall–Kier alpha value is -1.37. The van der Waals surface area contributed by atoms with Gasteiger partial charge in [0.2, 0.25) is 0 Å². The summed E-state index contributed by atoms with van der Waals surface area (Å²) in [5.41, 5.74) is 5.46. The molecule has 1 aliphatic carbocycles. The Bertz CT molecular complexity index is 509. The Balaban J connectivity index is 2.32. The number of Topliss-reactive ketones (excluding diaryl/α,β-unsaturated/α-hetero) is 1. The highest BCUT2D eigenvalue weighted by Gasteiger charge is 2.19. The number of hydrogen-bond donors (Lipinski definition) is 0. The second-order valence-corrected chi connectivity index (χ2v) is 5.69. The van der Waals surface area contributed by atoms with Crippen molar-refractivity contribution in [2.75, 3.05) is 0 Å². The molecule has 0 bridgehead atoms. The van der Waals surface area contributed by atoms with Gasteiger partial charge in [0.05, 0.1) is 0 Å². The van der Waals surface area contributed by atoms with Crippen LogP contribution < -0.4 is 0 Å². The van der Waals surface area contributed by atoms with Crippen LogP contribution in [-0.2, 0) is 0 Å². The van der Waals surface area contributed by atoms with Crippen LogP contribution in [0.2, 0.25) is 0 Å². The molecular weight excluding hydrogens is 220 g/mol. The zero-order chi connectivity index (χ0) is 13.3. The third kappa shape index (κ3) is 2.55. The first-order valence-corrected chi connectivity index (χ1v) is 6.80. The van der Waals surface area contributed by atoms with Crippen molar-refractivity contribution in [3.05, 3.63) is 46.0 Å². The van der Waals surface area contributed by atoms with Gasteiger partial charge in [-0.25, -0.2) is 0 Å². The molecule has 1 aromatic carbocycles. The molecule has 96 valence electrons. The van der Waals surface area contributed by atoms with Crippen molar-refractivity contribution in [1.82, 2.24) is 0 Å². The molecule has 1 unspecified atom stereocenters. The van der Waals surface area contributed by atoms with E-state index in [9.17, 15) is 4.79 Å². The molecule has 18 heavy (non-hydrogen) atoms. The van der Waals surface area contributed by atoms with Gasteiger partial charge in [-0.05, 0) is 74.3 Å². The molecule has 0 saturated carbocycles. The van der Waals surface area contributed by atoms with Crippen LogP contribution in [0.1, 0.15) is 53.2 Å². The Morgan fingerprint density at radius 1 is 1.11 bits per heavy atom. The van der Waals surface area contributed by atoms with E-state index in [1.165, 1.54) is 11.1 Å². The van der Waals surface area contributed by atoms with E-state index >= 15 is 0 Å². The smallest absolute Gasteiger partial charge is 0.188 e. The average Bonchev–Trinajstić information content (AvgIpc) is 2.34. The van der Waals surface area contributed by atoms with Crippen molar-refractivity contribution in [2.24, 2.45) is 5.92 Å². The van der Waals surface area contributed by atoms with Gasteiger partial charge in [-0.1, -0.05) is 19.1 Å². The van der Waals surface area contributed by atoms with E-state index in [0.29, 0.717) is 0 Å². The highest BCUT2D eigenvalue weighted by Crippen LogP contribution is 2.27. The van der Waals surface area contributed by atoms with E-state index in [4.69, 9.17) is 0 Å². The van der Waals surface area contributed by atoms with Crippen LogP contribution in [0.15, 0.2) is 23.8 Å². The van der Waals surface area contributed by atoms with Gasteiger partial charge in [0.15, 0.2) is 5.78 Å². The molecule has 0 N–H and O–H groups in total. The predicted octanol–water partition coefficient (Wildman–Crippen LogP) is 4.54. The predicted molar refractivity (Wildman–Crippen MR) is 76.1 cm³/mol. The lowest BCUT2D eigenvalue weighted by atomic mass is 9.86. The molecule has 0 amide bonds. The maximum absolute atomic E-state index is 12.5. The van der Waals surface area contributed by atoms with Crippen molar-refractivity contribution in [1.29, 1.82) is 0 Å². The monoisotopic (exact) mass is 242 g/mol. The summed E-state index contributed by atoms with van der Waals surface area (Å²) in [7, 11) is 0. The minimum atomic E-state index is 0.238.